The van der Waals surface area contributed by atoms with Crippen LogP contribution in [-0.4, -0.2) is 22.5 Å². The molecule has 0 spiro atoms. The van der Waals surface area contributed by atoms with Crippen molar-refractivity contribution in [3.8, 4) is 5.75 Å². The van der Waals surface area contributed by atoms with Crippen LogP contribution in [0.4, 0.5) is 0 Å². The monoisotopic (exact) mass is 390 g/mol. The van der Waals surface area contributed by atoms with E-state index in [1.165, 1.54) is 0 Å². The number of carbonyl (C=O) groups is 1. The molecule has 26 heavy (non-hydrogen) atoms. The molecule has 1 amide bonds. The zero-order chi connectivity index (χ0) is 18.5. The number of hydrogen-bond donors (Lipinski definition) is 1. The van der Waals surface area contributed by atoms with Crippen LogP contribution in [0, 0.1) is 0 Å². The van der Waals surface area contributed by atoms with Crippen LogP contribution < -0.4 is 10.1 Å². The molecule has 1 aromatic carbocycles. The van der Waals surface area contributed by atoms with Gasteiger partial charge in [-0.1, -0.05) is 31.0 Å². The van der Waals surface area contributed by atoms with Gasteiger partial charge in [-0.25, -0.2) is 0 Å². The second-order valence-corrected chi connectivity index (χ2v) is 6.67. The Labute approximate surface area is 162 Å². The van der Waals surface area contributed by atoms with Crippen LogP contribution in [0.1, 0.15) is 31.3 Å². The smallest absolute Gasteiger partial charge is 0.276 e. The maximum atomic E-state index is 12.4. The standard InChI is InChI=1S/C19H19ClN2O3S/c1-2-3-9-22-18(23)17(21-19(22)26)11-15-7-8-16(25-15)12-24-14-6-4-5-13(20)10-14/h4-8,10-11H,2-3,9,12H2,1H3,(H,21,26)/b17-11+. The first kappa shape index (κ1) is 18.5. The second kappa shape index (κ2) is 8.38. The van der Waals surface area contributed by atoms with Crippen LogP contribution in [0.25, 0.3) is 6.08 Å². The van der Waals surface area contributed by atoms with E-state index in [0.717, 1.165) is 12.8 Å². The summed E-state index contributed by atoms with van der Waals surface area (Å²) in [6.45, 7) is 2.96. The molecule has 0 unspecified atom stereocenters. The summed E-state index contributed by atoms with van der Waals surface area (Å²) < 4.78 is 11.4. The minimum Gasteiger partial charge on any atom is -0.486 e. The van der Waals surface area contributed by atoms with E-state index in [9.17, 15) is 4.79 Å². The first-order valence-corrected chi connectivity index (χ1v) is 9.17. The molecule has 1 fully saturated rings. The zero-order valence-corrected chi connectivity index (χ0v) is 15.9. The lowest BCUT2D eigenvalue weighted by Gasteiger charge is -2.12. The molecule has 5 nitrogen and oxygen atoms in total. The maximum absolute atomic E-state index is 12.4. The fourth-order valence-corrected chi connectivity index (χ4v) is 2.96. The normalized spacial score (nSPS) is 15.6. The van der Waals surface area contributed by atoms with Gasteiger partial charge in [-0.15, -0.1) is 0 Å². The maximum Gasteiger partial charge on any atom is 0.276 e. The summed E-state index contributed by atoms with van der Waals surface area (Å²) in [5, 5.41) is 4.00. The Balaban J connectivity index is 1.63. The van der Waals surface area contributed by atoms with Crippen LogP contribution in [0.15, 0.2) is 46.5 Å². The molecular weight excluding hydrogens is 372 g/mol. The molecule has 3 rings (SSSR count). The van der Waals surface area contributed by atoms with Crippen LogP contribution in [0.2, 0.25) is 5.02 Å². The number of thiocarbonyl (C=S) groups is 1. The van der Waals surface area contributed by atoms with Gasteiger partial charge in [0.1, 0.15) is 29.6 Å². The third-order valence-corrected chi connectivity index (χ3v) is 4.40. The molecule has 0 atom stereocenters. The van der Waals surface area contributed by atoms with Crippen molar-refractivity contribution in [1.82, 2.24) is 10.2 Å². The minimum atomic E-state index is -0.128. The number of amides is 1. The number of carbonyl (C=O) groups excluding carboxylic acids is 1. The quantitative estimate of drug-likeness (QED) is 0.562. The van der Waals surface area contributed by atoms with E-state index in [1.807, 2.05) is 18.2 Å². The number of halogens is 1. The summed E-state index contributed by atoms with van der Waals surface area (Å²) in [6.07, 6.45) is 3.57. The van der Waals surface area contributed by atoms with Gasteiger partial charge in [-0.2, -0.15) is 0 Å². The number of hydrogen-bond acceptors (Lipinski definition) is 4. The van der Waals surface area contributed by atoms with Gasteiger partial charge < -0.3 is 14.5 Å². The van der Waals surface area contributed by atoms with Crippen LogP contribution in [0.3, 0.4) is 0 Å². The third-order valence-electron chi connectivity index (χ3n) is 3.84. The minimum absolute atomic E-state index is 0.128. The average Bonchev–Trinajstić information content (AvgIpc) is 3.17. The predicted octanol–water partition coefficient (Wildman–Crippen LogP) is 4.37. The van der Waals surface area contributed by atoms with E-state index in [1.54, 1.807) is 29.2 Å². The van der Waals surface area contributed by atoms with Crippen molar-refractivity contribution in [2.24, 2.45) is 0 Å². The molecule has 136 valence electrons. The third kappa shape index (κ3) is 4.45. The van der Waals surface area contributed by atoms with Crippen molar-refractivity contribution in [3.05, 3.63) is 58.6 Å². The van der Waals surface area contributed by atoms with Crippen LogP contribution in [-0.2, 0) is 11.4 Å². The summed E-state index contributed by atoms with van der Waals surface area (Å²) in [5.74, 6) is 1.74. The molecular formula is C19H19ClN2O3S. The SMILES string of the molecule is CCCCN1C(=O)/C(=C\c2ccc(COc3cccc(Cl)c3)o2)NC1=S. The fourth-order valence-electron chi connectivity index (χ4n) is 2.49. The number of ether oxygens (including phenoxy) is 1. The fraction of sp³-hybridized carbons (Fsp3) is 0.263. The molecule has 1 aliphatic rings. The van der Waals surface area contributed by atoms with E-state index in [4.69, 9.17) is 33.0 Å². The second-order valence-electron chi connectivity index (χ2n) is 5.85. The zero-order valence-electron chi connectivity index (χ0n) is 14.3. The van der Waals surface area contributed by atoms with Crippen LogP contribution >= 0.6 is 23.8 Å². The van der Waals surface area contributed by atoms with E-state index in [2.05, 4.69) is 12.2 Å². The van der Waals surface area contributed by atoms with Gasteiger partial charge in [0.2, 0.25) is 0 Å². The number of rotatable bonds is 7. The van der Waals surface area contributed by atoms with Gasteiger partial charge >= 0.3 is 0 Å². The Bertz CT molecular complexity index is 847. The Kier molecular flexibility index (Phi) is 5.96. The van der Waals surface area contributed by atoms with E-state index in [-0.39, 0.29) is 12.5 Å². The average molecular weight is 391 g/mol. The highest BCUT2D eigenvalue weighted by Gasteiger charge is 2.30. The molecule has 0 saturated carbocycles. The topological polar surface area (TPSA) is 54.7 Å². The lowest BCUT2D eigenvalue weighted by molar-refractivity contribution is -0.122. The molecule has 1 saturated heterocycles. The first-order valence-electron chi connectivity index (χ1n) is 8.38. The van der Waals surface area contributed by atoms with E-state index >= 15 is 0 Å². The molecule has 1 N–H and O–H groups in total. The van der Waals surface area contributed by atoms with E-state index in [0.29, 0.717) is 39.6 Å². The number of benzene rings is 1. The molecule has 0 radical (unpaired) electrons. The van der Waals surface area contributed by atoms with Crippen molar-refractivity contribution in [3.63, 3.8) is 0 Å². The van der Waals surface area contributed by atoms with Crippen molar-refractivity contribution in [1.29, 1.82) is 0 Å². The summed E-state index contributed by atoms with van der Waals surface area (Å²) in [6, 6.07) is 10.8. The summed E-state index contributed by atoms with van der Waals surface area (Å²) in [7, 11) is 0. The van der Waals surface area contributed by atoms with Crippen molar-refractivity contribution >= 4 is 40.9 Å². The molecule has 1 aliphatic heterocycles. The number of unbranched alkanes of at least 4 members (excludes halogenated alkanes) is 1. The molecule has 2 heterocycles. The summed E-state index contributed by atoms with van der Waals surface area (Å²) >= 11 is 11.2. The van der Waals surface area contributed by atoms with Gasteiger partial charge in [-0.3, -0.25) is 9.69 Å². The summed E-state index contributed by atoms with van der Waals surface area (Å²) in [4.78, 5) is 14.0. The van der Waals surface area contributed by atoms with Gasteiger partial charge in [0.05, 0.1) is 0 Å². The highest BCUT2D eigenvalue weighted by atomic mass is 35.5. The lowest BCUT2D eigenvalue weighted by Crippen LogP contribution is -2.31. The first-order chi connectivity index (χ1) is 12.6. The molecule has 2 aromatic rings. The number of nitrogens with one attached hydrogen (secondary N) is 1. The number of furan rings is 1. The van der Waals surface area contributed by atoms with Gasteiger partial charge in [-0.05, 0) is 49.0 Å². The number of nitrogens with zero attached hydrogens (tertiary/aromatic N) is 1. The molecule has 7 heteroatoms. The Morgan fingerprint density at radius 1 is 1.35 bits per heavy atom. The van der Waals surface area contributed by atoms with Crippen LogP contribution in [0.5, 0.6) is 5.75 Å². The van der Waals surface area contributed by atoms with Crippen molar-refractivity contribution in [2.75, 3.05) is 6.54 Å². The van der Waals surface area contributed by atoms with Gasteiger partial charge in [0, 0.05) is 17.6 Å². The predicted molar refractivity (Wildman–Crippen MR) is 105 cm³/mol. The Morgan fingerprint density at radius 2 is 2.19 bits per heavy atom. The lowest BCUT2D eigenvalue weighted by atomic mass is 10.3. The molecule has 1 aromatic heterocycles. The van der Waals surface area contributed by atoms with Crippen molar-refractivity contribution < 1.29 is 13.9 Å². The van der Waals surface area contributed by atoms with Gasteiger partial charge in [0.15, 0.2) is 5.11 Å². The highest BCUT2D eigenvalue weighted by molar-refractivity contribution is 7.80. The Hall–Kier alpha value is -2.31. The molecule has 0 aliphatic carbocycles. The highest BCUT2D eigenvalue weighted by Crippen LogP contribution is 2.20. The summed E-state index contributed by atoms with van der Waals surface area (Å²) in [5.41, 5.74) is 0.419. The largest absolute Gasteiger partial charge is 0.486 e. The Morgan fingerprint density at radius 3 is 2.96 bits per heavy atom. The van der Waals surface area contributed by atoms with E-state index < -0.39 is 0 Å². The molecule has 0 bridgehead atoms. The van der Waals surface area contributed by atoms with Gasteiger partial charge in [0.25, 0.3) is 5.91 Å². The van der Waals surface area contributed by atoms with Crippen molar-refractivity contribution in [2.45, 2.75) is 26.4 Å².